The first-order valence-electron chi connectivity index (χ1n) is 6.02. The summed E-state index contributed by atoms with van der Waals surface area (Å²) < 4.78 is 23.2. The fourth-order valence-electron chi connectivity index (χ4n) is 1.82. The Bertz CT molecular complexity index is 365. The quantitative estimate of drug-likeness (QED) is 0.758. The van der Waals surface area contributed by atoms with E-state index in [1.807, 2.05) is 0 Å². The first-order chi connectivity index (χ1) is 7.83. The van der Waals surface area contributed by atoms with Crippen molar-refractivity contribution in [2.45, 2.75) is 38.0 Å². The second-order valence-electron chi connectivity index (χ2n) is 4.88. The fraction of sp³-hybridized carbons (Fsp3) is 0.909. The lowest BCUT2D eigenvalue weighted by atomic mass is 10.1. The number of likely N-dealkylation sites (N-methyl/N-ethyl adjacent to an activating group) is 1. The van der Waals surface area contributed by atoms with Gasteiger partial charge < -0.3 is 10.2 Å². The van der Waals surface area contributed by atoms with Crippen LogP contribution in [0.15, 0.2) is 0 Å². The van der Waals surface area contributed by atoms with E-state index in [1.54, 1.807) is 25.8 Å². The molecule has 1 aliphatic rings. The zero-order valence-corrected chi connectivity index (χ0v) is 11.6. The second kappa shape index (κ2) is 5.82. The van der Waals surface area contributed by atoms with Gasteiger partial charge in [0.2, 0.25) is 5.91 Å². The summed E-state index contributed by atoms with van der Waals surface area (Å²) in [6, 6.07) is 0.222. The first-order valence-corrected chi connectivity index (χ1v) is 7.73. The molecule has 0 aromatic rings. The number of piperidine rings is 1. The first kappa shape index (κ1) is 14.4. The third kappa shape index (κ3) is 4.27. The number of hydrogen-bond acceptors (Lipinski definition) is 4. The molecule has 6 heteroatoms. The summed E-state index contributed by atoms with van der Waals surface area (Å²) in [6.45, 7) is 4.53. The molecule has 1 amide bonds. The third-order valence-electron chi connectivity index (χ3n) is 3.16. The molecule has 5 nitrogen and oxygen atoms in total. The minimum absolute atomic E-state index is 0.165. The van der Waals surface area contributed by atoms with Crippen LogP contribution in [0.4, 0.5) is 0 Å². The van der Waals surface area contributed by atoms with Crippen molar-refractivity contribution in [3.63, 3.8) is 0 Å². The second-order valence-corrected chi connectivity index (χ2v) is 7.56. The molecule has 0 bridgehead atoms. The van der Waals surface area contributed by atoms with Crippen LogP contribution in [0.25, 0.3) is 0 Å². The van der Waals surface area contributed by atoms with E-state index in [1.165, 1.54) is 0 Å². The smallest absolute Gasteiger partial charge is 0.222 e. The van der Waals surface area contributed by atoms with Crippen LogP contribution < -0.4 is 5.32 Å². The highest BCUT2D eigenvalue weighted by molar-refractivity contribution is 7.92. The zero-order valence-electron chi connectivity index (χ0n) is 10.8. The van der Waals surface area contributed by atoms with Crippen molar-refractivity contribution in [2.75, 3.05) is 25.9 Å². The molecule has 1 aliphatic heterocycles. The Hall–Kier alpha value is -0.620. The Labute approximate surface area is 103 Å². The number of nitrogens with zero attached hydrogens (tertiary/aromatic N) is 1. The molecule has 0 radical (unpaired) electrons. The van der Waals surface area contributed by atoms with Gasteiger partial charge in [0.1, 0.15) is 0 Å². The van der Waals surface area contributed by atoms with Crippen molar-refractivity contribution in [1.82, 2.24) is 10.2 Å². The van der Waals surface area contributed by atoms with Crippen LogP contribution in [-0.2, 0) is 14.6 Å². The van der Waals surface area contributed by atoms with Gasteiger partial charge in [-0.25, -0.2) is 8.42 Å². The normalized spacial score (nSPS) is 22.2. The molecule has 17 heavy (non-hydrogen) atoms. The lowest BCUT2D eigenvalue weighted by Crippen LogP contribution is -2.47. The van der Waals surface area contributed by atoms with E-state index >= 15 is 0 Å². The molecule has 0 aromatic carbocycles. The van der Waals surface area contributed by atoms with E-state index < -0.39 is 9.84 Å². The summed E-state index contributed by atoms with van der Waals surface area (Å²) in [7, 11) is -1.19. The maximum absolute atomic E-state index is 11.6. The highest BCUT2D eigenvalue weighted by atomic mass is 32.2. The van der Waals surface area contributed by atoms with E-state index in [-0.39, 0.29) is 23.0 Å². The van der Waals surface area contributed by atoms with Crippen molar-refractivity contribution in [3.05, 3.63) is 0 Å². The maximum atomic E-state index is 11.6. The van der Waals surface area contributed by atoms with Crippen molar-refractivity contribution >= 4 is 15.7 Å². The number of sulfone groups is 1. The minimum Gasteiger partial charge on any atom is -0.344 e. The SMILES string of the molecule is CC(C)S(=O)(=O)CCNC1CCC(=O)N(C)C1. The van der Waals surface area contributed by atoms with Gasteiger partial charge in [-0.15, -0.1) is 0 Å². The Balaban J connectivity index is 2.31. The molecule has 0 spiro atoms. The average molecular weight is 262 g/mol. The van der Waals surface area contributed by atoms with Crippen LogP contribution in [0, 0.1) is 0 Å². The standard InChI is InChI=1S/C11H22N2O3S/c1-9(2)17(15,16)7-6-12-10-4-5-11(14)13(3)8-10/h9-10,12H,4-8H2,1-3H3. The van der Waals surface area contributed by atoms with Gasteiger partial charge in [-0.1, -0.05) is 0 Å². The molecular weight excluding hydrogens is 240 g/mol. The van der Waals surface area contributed by atoms with Crippen LogP contribution >= 0.6 is 0 Å². The molecule has 0 saturated carbocycles. The summed E-state index contributed by atoms with van der Waals surface area (Å²) >= 11 is 0. The molecule has 1 fully saturated rings. The highest BCUT2D eigenvalue weighted by Gasteiger charge is 2.23. The molecule has 1 unspecified atom stereocenters. The van der Waals surface area contributed by atoms with Gasteiger partial charge in [-0.2, -0.15) is 0 Å². The zero-order chi connectivity index (χ0) is 13.1. The number of likely N-dealkylation sites (tertiary alicyclic amines) is 1. The maximum Gasteiger partial charge on any atom is 0.222 e. The number of hydrogen-bond donors (Lipinski definition) is 1. The molecule has 1 N–H and O–H groups in total. The Morgan fingerprint density at radius 2 is 2.12 bits per heavy atom. The summed E-state index contributed by atoms with van der Waals surface area (Å²) in [6.07, 6.45) is 1.34. The number of rotatable bonds is 5. The molecule has 100 valence electrons. The van der Waals surface area contributed by atoms with Gasteiger partial charge in [-0.3, -0.25) is 4.79 Å². The Morgan fingerprint density at radius 1 is 1.47 bits per heavy atom. The monoisotopic (exact) mass is 262 g/mol. The fourth-order valence-corrected chi connectivity index (χ4v) is 2.69. The van der Waals surface area contributed by atoms with E-state index in [9.17, 15) is 13.2 Å². The van der Waals surface area contributed by atoms with Crippen LogP contribution in [-0.4, -0.2) is 56.4 Å². The lowest BCUT2D eigenvalue weighted by Gasteiger charge is -2.30. The van der Waals surface area contributed by atoms with Gasteiger partial charge in [-0.05, 0) is 20.3 Å². The van der Waals surface area contributed by atoms with Crippen molar-refractivity contribution in [2.24, 2.45) is 0 Å². The summed E-state index contributed by atoms with van der Waals surface area (Å²) in [5.41, 5.74) is 0. The van der Waals surface area contributed by atoms with Crippen LogP contribution in [0.1, 0.15) is 26.7 Å². The van der Waals surface area contributed by atoms with Gasteiger partial charge in [0.05, 0.1) is 11.0 Å². The Morgan fingerprint density at radius 3 is 2.65 bits per heavy atom. The van der Waals surface area contributed by atoms with E-state index in [0.29, 0.717) is 19.5 Å². The molecule has 0 aliphatic carbocycles. The minimum atomic E-state index is -2.97. The van der Waals surface area contributed by atoms with Gasteiger partial charge in [0, 0.05) is 32.6 Å². The van der Waals surface area contributed by atoms with Crippen LogP contribution in [0.5, 0.6) is 0 Å². The predicted octanol–water partition coefficient (Wildman–Crippen LogP) is 0.0200. The van der Waals surface area contributed by atoms with E-state index in [2.05, 4.69) is 5.32 Å². The molecule has 1 heterocycles. The number of amides is 1. The topological polar surface area (TPSA) is 66.5 Å². The third-order valence-corrected chi connectivity index (χ3v) is 5.37. The molecular formula is C11H22N2O3S. The van der Waals surface area contributed by atoms with E-state index in [4.69, 9.17) is 0 Å². The largest absolute Gasteiger partial charge is 0.344 e. The van der Waals surface area contributed by atoms with Gasteiger partial charge in [0.15, 0.2) is 9.84 Å². The van der Waals surface area contributed by atoms with Gasteiger partial charge >= 0.3 is 0 Å². The summed E-state index contributed by atoms with van der Waals surface area (Å²) in [5, 5.41) is 2.89. The van der Waals surface area contributed by atoms with Crippen molar-refractivity contribution in [3.8, 4) is 0 Å². The van der Waals surface area contributed by atoms with Gasteiger partial charge in [0.25, 0.3) is 0 Å². The number of nitrogens with one attached hydrogen (secondary N) is 1. The average Bonchev–Trinajstić information content (AvgIpc) is 2.23. The molecule has 1 saturated heterocycles. The van der Waals surface area contributed by atoms with Crippen LogP contribution in [0.3, 0.4) is 0 Å². The number of carbonyl (C=O) groups excluding carboxylic acids is 1. The van der Waals surface area contributed by atoms with Crippen molar-refractivity contribution < 1.29 is 13.2 Å². The van der Waals surface area contributed by atoms with Crippen LogP contribution in [0.2, 0.25) is 0 Å². The Kier molecular flexibility index (Phi) is 4.94. The molecule has 1 rings (SSSR count). The summed E-state index contributed by atoms with van der Waals surface area (Å²) in [5.74, 6) is 0.330. The predicted molar refractivity (Wildman–Crippen MR) is 67.6 cm³/mol. The highest BCUT2D eigenvalue weighted by Crippen LogP contribution is 2.09. The molecule has 1 atom stereocenters. The summed E-state index contributed by atoms with van der Waals surface area (Å²) in [4.78, 5) is 13.0. The number of carbonyl (C=O) groups is 1. The van der Waals surface area contributed by atoms with E-state index in [0.717, 1.165) is 6.42 Å². The lowest BCUT2D eigenvalue weighted by molar-refractivity contribution is -0.132. The van der Waals surface area contributed by atoms with Crippen molar-refractivity contribution in [1.29, 1.82) is 0 Å². The molecule has 0 aromatic heterocycles.